The van der Waals surface area contributed by atoms with Crippen molar-refractivity contribution < 1.29 is 14.3 Å². The van der Waals surface area contributed by atoms with Gasteiger partial charge >= 0.3 is 0 Å². The van der Waals surface area contributed by atoms with Gasteiger partial charge in [0.1, 0.15) is 17.6 Å². The van der Waals surface area contributed by atoms with E-state index in [4.69, 9.17) is 0 Å². The molecule has 0 aliphatic carbocycles. The van der Waals surface area contributed by atoms with Crippen LogP contribution in [0.4, 0.5) is 15.8 Å². The summed E-state index contributed by atoms with van der Waals surface area (Å²) in [7, 11) is 0. The molecule has 0 unspecified atom stereocenters. The van der Waals surface area contributed by atoms with Crippen LogP contribution in [-0.4, -0.2) is 42.1 Å². The number of phenolic OH excluding ortho intramolecular Hbond substituents is 1. The Kier molecular flexibility index (Phi) is 5.95. The summed E-state index contributed by atoms with van der Waals surface area (Å²) in [6.07, 6.45) is 0. The van der Waals surface area contributed by atoms with E-state index in [1.807, 2.05) is 42.5 Å². The molecule has 2 N–H and O–H groups in total. The molecule has 30 heavy (non-hydrogen) atoms. The van der Waals surface area contributed by atoms with Crippen LogP contribution in [0, 0.1) is 5.82 Å². The van der Waals surface area contributed by atoms with Gasteiger partial charge in [0.25, 0.3) is 0 Å². The molecule has 1 fully saturated rings. The van der Waals surface area contributed by atoms with Crippen molar-refractivity contribution in [2.24, 2.45) is 0 Å². The second kappa shape index (κ2) is 8.97. The lowest BCUT2D eigenvalue weighted by Crippen LogP contribution is -2.50. The maximum Gasteiger partial charge on any atom is 0.246 e. The van der Waals surface area contributed by atoms with Crippen LogP contribution in [0.25, 0.3) is 0 Å². The molecule has 1 aliphatic rings. The van der Waals surface area contributed by atoms with Crippen molar-refractivity contribution in [3.63, 3.8) is 0 Å². The SMILES string of the molecule is O=C(Nc1ccc(F)cc1)[C@@H](c1ccccc1)N1CCN(c2ccccc2O)CC1. The second-order valence-corrected chi connectivity index (χ2v) is 7.32. The Labute approximate surface area is 175 Å². The van der Waals surface area contributed by atoms with E-state index < -0.39 is 6.04 Å². The van der Waals surface area contributed by atoms with Gasteiger partial charge in [-0.1, -0.05) is 42.5 Å². The summed E-state index contributed by atoms with van der Waals surface area (Å²) < 4.78 is 13.2. The van der Waals surface area contributed by atoms with Gasteiger partial charge in [-0.05, 0) is 42.0 Å². The van der Waals surface area contributed by atoms with Gasteiger partial charge in [0.15, 0.2) is 0 Å². The fourth-order valence-corrected chi connectivity index (χ4v) is 3.86. The van der Waals surface area contributed by atoms with Crippen molar-refractivity contribution in [2.45, 2.75) is 6.04 Å². The monoisotopic (exact) mass is 405 g/mol. The van der Waals surface area contributed by atoms with Gasteiger partial charge in [-0.25, -0.2) is 4.39 Å². The van der Waals surface area contributed by atoms with E-state index in [2.05, 4.69) is 15.1 Å². The lowest BCUT2D eigenvalue weighted by atomic mass is 10.0. The number of hydrogen-bond acceptors (Lipinski definition) is 4. The molecule has 5 nitrogen and oxygen atoms in total. The Morgan fingerprint density at radius 2 is 1.50 bits per heavy atom. The Hall–Kier alpha value is -3.38. The van der Waals surface area contributed by atoms with E-state index in [1.165, 1.54) is 12.1 Å². The summed E-state index contributed by atoms with van der Waals surface area (Å²) in [4.78, 5) is 17.5. The van der Waals surface area contributed by atoms with Crippen LogP contribution in [0.1, 0.15) is 11.6 Å². The van der Waals surface area contributed by atoms with E-state index in [0.717, 1.165) is 11.3 Å². The molecule has 0 aromatic heterocycles. The van der Waals surface area contributed by atoms with E-state index in [9.17, 15) is 14.3 Å². The van der Waals surface area contributed by atoms with Gasteiger partial charge in [-0.15, -0.1) is 0 Å². The van der Waals surface area contributed by atoms with Crippen molar-refractivity contribution in [3.05, 3.63) is 90.2 Å². The third kappa shape index (κ3) is 4.44. The van der Waals surface area contributed by atoms with Crippen LogP contribution in [0.15, 0.2) is 78.9 Å². The largest absolute Gasteiger partial charge is 0.506 e. The predicted octanol–water partition coefficient (Wildman–Crippen LogP) is 4.03. The Morgan fingerprint density at radius 3 is 2.17 bits per heavy atom. The fraction of sp³-hybridized carbons (Fsp3) is 0.208. The highest BCUT2D eigenvalue weighted by Crippen LogP contribution is 2.30. The summed E-state index contributed by atoms with van der Waals surface area (Å²) in [5.74, 6) is -0.226. The smallest absolute Gasteiger partial charge is 0.246 e. The maximum atomic E-state index is 13.2. The quantitative estimate of drug-likeness (QED) is 0.673. The van der Waals surface area contributed by atoms with Crippen LogP contribution in [-0.2, 0) is 4.79 Å². The molecule has 4 rings (SSSR count). The highest BCUT2D eigenvalue weighted by atomic mass is 19.1. The molecule has 1 aliphatic heterocycles. The Morgan fingerprint density at radius 1 is 0.867 bits per heavy atom. The van der Waals surface area contributed by atoms with Gasteiger partial charge in [0, 0.05) is 31.9 Å². The van der Waals surface area contributed by atoms with Crippen molar-refractivity contribution in [3.8, 4) is 5.75 Å². The molecule has 3 aromatic rings. The third-order valence-electron chi connectivity index (χ3n) is 5.38. The maximum absolute atomic E-state index is 13.2. The number of aromatic hydroxyl groups is 1. The normalized spacial score (nSPS) is 15.6. The summed E-state index contributed by atoms with van der Waals surface area (Å²) >= 11 is 0. The molecular formula is C24H24FN3O2. The zero-order chi connectivity index (χ0) is 20.9. The molecular weight excluding hydrogens is 381 g/mol. The fourth-order valence-electron chi connectivity index (χ4n) is 3.86. The zero-order valence-electron chi connectivity index (χ0n) is 16.5. The van der Waals surface area contributed by atoms with E-state index in [-0.39, 0.29) is 17.5 Å². The lowest BCUT2D eigenvalue weighted by molar-refractivity contribution is -0.121. The van der Waals surface area contributed by atoms with Crippen LogP contribution < -0.4 is 10.2 Å². The first-order chi connectivity index (χ1) is 14.6. The third-order valence-corrected chi connectivity index (χ3v) is 5.38. The summed E-state index contributed by atoms with van der Waals surface area (Å²) in [5, 5.41) is 13.1. The minimum atomic E-state index is -0.456. The van der Waals surface area contributed by atoms with Gasteiger partial charge in [0.05, 0.1) is 5.69 Å². The lowest BCUT2D eigenvalue weighted by Gasteiger charge is -2.39. The number of nitrogens with zero attached hydrogens (tertiary/aromatic N) is 2. The van der Waals surface area contributed by atoms with E-state index >= 15 is 0 Å². The first kappa shape index (κ1) is 19.9. The number of para-hydroxylation sites is 2. The predicted molar refractivity (Wildman–Crippen MR) is 116 cm³/mol. The number of halogens is 1. The minimum absolute atomic E-state index is 0.149. The van der Waals surface area contributed by atoms with Crippen molar-refractivity contribution >= 4 is 17.3 Å². The standard InChI is InChI=1S/C24H24FN3O2/c25-19-10-12-20(13-11-19)26-24(30)23(18-6-2-1-3-7-18)28-16-14-27(15-17-28)21-8-4-5-9-22(21)29/h1-13,23,29H,14-17H2,(H,26,30)/t23-/m1/s1. The average Bonchev–Trinajstić information content (AvgIpc) is 2.77. The van der Waals surface area contributed by atoms with Gasteiger partial charge in [0.2, 0.25) is 5.91 Å². The molecule has 154 valence electrons. The highest BCUT2D eigenvalue weighted by molar-refractivity contribution is 5.95. The Balaban J connectivity index is 1.51. The molecule has 1 saturated heterocycles. The van der Waals surface area contributed by atoms with Crippen LogP contribution >= 0.6 is 0 Å². The zero-order valence-corrected chi connectivity index (χ0v) is 16.5. The number of amides is 1. The molecule has 6 heteroatoms. The summed E-state index contributed by atoms with van der Waals surface area (Å²) in [6, 6.07) is 22.3. The van der Waals surface area contributed by atoms with Crippen molar-refractivity contribution in [1.29, 1.82) is 0 Å². The molecule has 3 aromatic carbocycles. The topological polar surface area (TPSA) is 55.8 Å². The summed E-state index contributed by atoms with van der Waals surface area (Å²) in [6.45, 7) is 2.74. The molecule has 0 saturated carbocycles. The number of nitrogens with one attached hydrogen (secondary N) is 1. The first-order valence-electron chi connectivity index (χ1n) is 10.0. The first-order valence-corrected chi connectivity index (χ1v) is 10.0. The number of phenols is 1. The van der Waals surface area contributed by atoms with E-state index in [0.29, 0.717) is 31.9 Å². The molecule has 0 spiro atoms. The van der Waals surface area contributed by atoms with Crippen LogP contribution in [0.5, 0.6) is 5.75 Å². The van der Waals surface area contributed by atoms with Gasteiger partial charge in [-0.2, -0.15) is 0 Å². The number of anilines is 2. The van der Waals surface area contributed by atoms with Crippen LogP contribution in [0.2, 0.25) is 0 Å². The van der Waals surface area contributed by atoms with E-state index in [1.54, 1.807) is 24.3 Å². The molecule has 1 atom stereocenters. The Bertz CT molecular complexity index is 987. The number of rotatable bonds is 5. The number of piperazine rings is 1. The number of benzene rings is 3. The van der Waals surface area contributed by atoms with Crippen LogP contribution in [0.3, 0.4) is 0 Å². The molecule has 1 amide bonds. The molecule has 0 radical (unpaired) electrons. The number of hydrogen-bond donors (Lipinski definition) is 2. The van der Waals surface area contributed by atoms with Crippen molar-refractivity contribution in [2.75, 3.05) is 36.4 Å². The van der Waals surface area contributed by atoms with Gasteiger partial charge < -0.3 is 15.3 Å². The van der Waals surface area contributed by atoms with Crippen molar-refractivity contribution in [1.82, 2.24) is 4.90 Å². The minimum Gasteiger partial charge on any atom is -0.506 e. The highest BCUT2D eigenvalue weighted by Gasteiger charge is 2.31. The molecule has 0 bridgehead atoms. The number of carbonyl (C=O) groups is 1. The second-order valence-electron chi connectivity index (χ2n) is 7.32. The average molecular weight is 405 g/mol. The van der Waals surface area contributed by atoms with Gasteiger partial charge in [-0.3, -0.25) is 9.69 Å². The summed E-state index contributed by atoms with van der Waals surface area (Å²) in [5.41, 5.74) is 2.28. The molecule has 1 heterocycles. The number of carbonyl (C=O) groups excluding carboxylic acids is 1.